The Hall–Kier alpha value is -1.33. The van der Waals surface area contributed by atoms with Gasteiger partial charge >= 0.3 is 0 Å². The van der Waals surface area contributed by atoms with E-state index in [2.05, 4.69) is 12.0 Å². The van der Waals surface area contributed by atoms with Crippen LogP contribution in [0.4, 0.5) is 0 Å². The fourth-order valence-corrected chi connectivity index (χ4v) is 3.00. The number of piperidine rings is 1. The molecule has 0 spiro atoms. The summed E-state index contributed by atoms with van der Waals surface area (Å²) in [7, 11) is 0. The Bertz CT molecular complexity index is 553. The average Bonchev–Trinajstić information content (AvgIpc) is 2.77. The van der Waals surface area contributed by atoms with Gasteiger partial charge in [0.15, 0.2) is 0 Å². The lowest BCUT2D eigenvalue weighted by atomic mass is 10.1. The minimum Gasteiger partial charge on any atom is -0.338 e. The van der Waals surface area contributed by atoms with E-state index in [0.717, 1.165) is 50.0 Å². The first kappa shape index (κ1) is 17.0. The van der Waals surface area contributed by atoms with Gasteiger partial charge in [-0.3, -0.25) is 9.48 Å². The van der Waals surface area contributed by atoms with Gasteiger partial charge in [0, 0.05) is 37.3 Å². The maximum Gasteiger partial charge on any atom is 0.246 e. The minimum absolute atomic E-state index is 0.00748. The van der Waals surface area contributed by atoms with Crippen molar-refractivity contribution in [3.8, 4) is 0 Å². The Labute approximate surface area is 137 Å². The molecule has 1 saturated heterocycles. The smallest absolute Gasteiger partial charge is 0.246 e. The Morgan fingerprint density at radius 2 is 2.32 bits per heavy atom. The highest BCUT2D eigenvalue weighted by atomic mass is 35.5. The van der Waals surface area contributed by atoms with Gasteiger partial charge in [-0.25, -0.2) is 0 Å². The summed E-state index contributed by atoms with van der Waals surface area (Å²) in [6, 6.07) is 0.0909. The van der Waals surface area contributed by atoms with E-state index in [0.29, 0.717) is 11.7 Å². The lowest BCUT2D eigenvalue weighted by Gasteiger charge is -2.29. The van der Waals surface area contributed by atoms with Gasteiger partial charge in [-0.2, -0.15) is 5.10 Å². The van der Waals surface area contributed by atoms with E-state index in [9.17, 15) is 4.79 Å². The molecule has 0 bridgehead atoms. The first-order valence-electron chi connectivity index (χ1n) is 7.98. The largest absolute Gasteiger partial charge is 0.338 e. The van der Waals surface area contributed by atoms with Gasteiger partial charge in [-0.05, 0) is 32.3 Å². The van der Waals surface area contributed by atoms with E-state index in [1.54, 1.807) is 21.7 Å². The lowest BCUT2D eigenvalue weighted by Crippen LogP contribution is -2.45. The number of halogens is 1. The Morgan fingerprint density at radius 1 is 1.55 bits per heavy atom. The highest BCUT2D eigenvalue weighted by molar-refractivity contribution is 6.31. The molecule has 0 saturated carbocycles. The molecule has 1 aromatic rings. The average molecular weight is 325 g/mol. The highest BCUT2D eigenvalue weighted by Gasteiger charge is 2.19. The van der Waals surface area contributed by atoms with E-state index >= 15 is 0 Å². The number of unbranched alkanes of at least 4 members (excludes halogenated alkanes) is 1. The second-order valence-electron chi connectivity index (χ2n) is 5.89. The van der Waals surface area contributed by atoms with Crippen LogP contribution in [0.15, 0.2) is 6.08 Å². The molecular formula is C16H25ClN4O. The molecule has 1 aromatic heterocycles. The minimum atomic E-state index is -0.00748. The van der Waals surface area contributed by atoms with Crippen molar-refractivity contribution >= 4 is 23.6 Å². The van der Waals surface area contributed by atoms with Crippen molar-refractivity contribution in [3.63, 3.8) is 0 Å². The molecule has 2 N–H and O–H groups in total. The molecule has 1 fully saturated rings. The molecule has 0 radical (unpaired) electrons. The van der Waals surface area contributed by atoms with Crippen LogP contribution in [0.5, 0.6) is 0 Å². The molecule has 2 rings (SSSR count). The summed E-state index contributed by atoms with van der Waals surface area (Å²) >= 11 is 6.36. The Morgan fingerprint density at radius 3 is 3.00 bits per heavy atom. The highest BCUT2D eigenvalue weighted by Crippen LogP contribution is 2.22. The van der Waals surface area contributed by atoms with E-state index in [1.165, 1.54) is 0 Å². The van der Waals surface area contributed by atoms with Crippen LogP contribution in [0.3, 0.4) is 0 Å². The summed E-state index contributed by atoms with van der Waals surface area (Å²) in [4.78, 5) is 14.0. The van der Waals surface area contributed by atoms with Crippen LogP contribution in [0.1, 0.15) is 43.9 Å². The third-order valence-electron chi connectivity index (χ3n) is 3.99. The molecule has 0 aromatic carbocycles. The molecule has 1 amide bonds. The van der Waals surface area contributed by atoms with Crippen molar-refractivity contribution in [1.82, 2.24) is 14.7 Å². The molecule has 1 aliphatic heterocycles. The zero-order valence-electron chi connectivity index (χ0n) is 13.4. The lowest BCUT2D eigenvalue weighted by molar-refractivity contribution is -0.127. The number of likely N-dealkylation sites (tertiary alicyclic amines) is 1. The first-order valence-corrected chi connectivity index (χ1v) is 8.36. The fraction of sp³-hybridized carbons (Fsp3) is 0.625. The maximum absolute atomic E-state index is 12.2. The Balaban J connectivity index is 2.06. The van der Waals surface area contributed by atoms with Crippen molar-refractivity contribution in [3.05, 3.63) is 22.5 Å². The number of aryl methyl sites for hydroxylation is 2. The van der Waals surface area contributed by atoms with Crippen LogP contribution in [-0.4, -0.2) is 39.7 Å². The van der Waals surface area contributed by atoms with Gasteiger partial charge in [-0.1, -0.05) is 24.9 Å². The molecule has 1 atom stereocenters. The number of nitrogens with two attached hydrogens (primary N) is 1. The van der Waals surface area contributed by atoms with Gasteiger partial charge in [-0.15, -0.1) is 0 Å². The van der Waals surface area contributed by atoms with E-state index in [4.69, 9.17) is 17.3 Å². The summed E-state index contributed by atoms with van der Waals surface area (Å²) in [5, 5.41) is 5.04. The summed E-state index contributed by atoms with van der Waals surface area (Å²) < 4.78 is 1.81. The third kappa shape index (κ3) is 4.11. The van der Waals surface area contributed by atoms with Gasteiger partial charge in [0.25, 0.3) is 0 Å². The molecule has 5 nitrogen and oxygen atoms in total. The molecule has 1 unspecified atom stereocenters. The SMILES string of the molecule is CCCCn1nc(C)c(/C=C/C(=O)N2CCCC(N)C2)c1Cl. The summed E-state index contributed by atoms with van der Waals surface area (Å²) in [5.41, 5.74) is 7.59. The fourth-order valence-electron chi connectivity index (χ4n) is 2.68. The molecule has 2 heterocycles. The van der Waals surface area contributed by atoms with Crippen molar-refractivity contribution in [1.29, 1.82) is 0 Å². The van der Waals surface area contributed by atoms with Crippen LogP contribution in [0.2, 0.25) is 5.15 Å². The van der Waals surface area contributed by atoms with Crippen LogP contribution in [0, 0.1) is 6.92 Å². The normalized spacial score (nSPS) is 19.1. The molecule has 1 aliphatic rings. The van der Waals surface area contributed by atoms with Gasteiger partial charge in [0.05, 0.1) is 5.69 Å². The zero-order valence-corrected chi connectivity index (χ0v) is 14.1. The standard InChI is InChI=1S/C16H25ClN4O/c1-3-4-10-21-16(17)14(12(2)19-21)7-8-15(22)20-9-5-6-13(18)11-20/h7-8,13H,3-6,9-11,18H2,1-2H3/b8-7+. The van der Waals surface area contributed by atoms with Crippen molar-refractivity contribution in [2.24, 2.45) is 5.73 Å². The van der Waals surface area contributed by atoms with Gasteiger partial charge in [0.1, 0.15) is 5.15 Å². The number of carbonyl (C=O) groups excluding carboxylic acids is 1. The number of nitrogens with zero attached hydrogens (tertiary/aromatic N) is 3. The van der Waals surface area contributed by atoms with Crippen LogP contribution >= 0.6 is 11.6 Å². The quantitative estimate of drug-likeness (QED) is 0.847. The third-order valence-corrected chi connectivity index (χ3v) is 4.39. The van der Waals surface area contributed by atoms with Crippen LogP contribution < -0.4 is 5.73 Å². The maximum atomic E-state index is 12.2. The summed E-state index contributed by atoms with van der Waals surface area (Å²) in [5.74, 6) is -0.00748. The summed E-state index contributed by atoms with van der Waals surface area (Å²) in [6.45, 7) is 6.26. The number of amides is 1. The summed E-state index contributed by atoms with van der Waals surface area (Å²) in [6.07, 6.45) is 7.44. The monoisotopic (exact) mass is 324 g/mol. The van der Waals surface area contributed by atoms with Crippen molar-refractivity contribution in [2.45, 2.75) is 52.1 Å². The molecule has 0 aliphatic carbocycles. The predicted octanol–water partition coefficient (Wildman–Crippen LogP) is 2.61. The van der Waals surface area contributed by atoms with Crippen molar-refractivity contribution in [2.75, 3.05) is 13.1 Å². The van der Waals surface area contributed by atoms with Gasteiger partial charge in [0.2, 0.25) is 5.91 Å². The number of rotatable bonds is 5. The zero-order chi connectivity index (χ0) is 16.1. The van der Waals surface area contributed by atoms with E-state index < -0.39 is 0 Å². The number of aromatic nitrogens is 2. The van der Waals surface area contributed by atoms with E-state index in [1.807, 2.05) is 6.92 Å². The van der Waals surface area contributed by atoms with Crippen molar-refractivity contribution < 1.29 is 4.79 Å². The molecule has 22 heavy (non-hydrogen) atoms. The number of hydrogen-bond acceptors (Lipinski definition) is 3. The predicted molar refractivity (Wildman–Crippen MR) is 89.7 cm³/mol. The second-order valence-corrected chi connectivity index (χ2v) is 6.24. The van der Waals surface area contributed by atoms with Crippen LogP contribution in [0.25, 0.3) is 6.08 Å². The second kappa shape index (κ2) is 7.79. The van der Waals surface area contributed by atoms with E-state index in [-0.39, 0.29) is 11.9 Å². The Kier molecular flexibility index (Phi) is 6.03. The topological polar surface area (TPSA) is 64.2 Å². The molecule has 122 valence electrons. The van der Waals surface area contributed by atoms with Gasteiger partial charge < -0.3 is 10.6 Å². The molecule has 6 heteroatoms. The number of carbonyl (C=O) groups is 1. The number of hydrogen-bond donors (Lipinski definition) is 1. The first-order chi connectivity index (χ1) is 10.5. The van der Waals surface area contributed by atoms with Crippen LogP contribution in [-0.2, 0) is 11.3 Å². The molecular weight excluding hydrogens is 300 g/mol.